The molecular formula is C25H30N2. The summed E-state index contributed by atoms with van der Waals surface area (Å²) < 4.78 is 0. The number of nitrogens with zero attached hydrogens (tertiary/aromatic N) is 2. The SMILES string of the molecule is Cc1ccc2c(c1)CC[C@@H]1[C@@H]2CC[C@]2(C)/C(=N/Cc3ccccn3)CC[C@@H]12. The van der Waals surface area contributed by atoms with Crippen LogP contribution < -0.4 is 0 Å². The fraction of sp³-hybridized carbons (Fsp3) is 0.520. The molecule has 27 heavy (non-hydrogen) atoms. The van der Waals surface area contributed by atoms with Crippen molar-refractivity contribution in [1.82, 2.24) is 4.98 Å². The van der Waals surface area contributed by atoms with Gasteiger partial charge in [0.1, 0.15) is 0 Å². The van der Waals surface area contributed by atoms with Crippen molar-refractivity contribution in [2.45, 2.75) is 64.8 Å². The molecule has 2 aromatic rings. The fourth-order valence-electron chi connectivity index (χ4n) is 6.43. The van der Waals surface area contributed by atoms with Crippen LogP contribution in [0.1, 0.15) is 67.3 Å². The summed E-state index contributed by atoms with van der Waals surface area (Å²) in [4.78, 5) is 9.55. The molecule has 0 amide bonds. The average Bonchev–Trinajstić information content (AvgIpc) is 3.03. The number of rotatable bonds is 2. The molecule has 0 unspecified atom stereocenters. The second-order valence-corrected chi connectivity index (χ2v) is 9.20. The standard InChI is InChI=1S/C25H30N2/c1-17-6-8-20-18(15-17)7-9-22-21(20)12-13-25(2)23(22)10-11-24(25)27-16-19-5-3-4-14-26-19/h3-6,8,14-15,21-23H,7,9-13,16H2,1-2H3/b27-24+/t21-,22-,23+,25+/m1/s1. The van der Waals surface area contributed by atoms with Gasteiger partial charge in [0.15, 0.2) is 0 Å². The maximum atomic E-state index is 5.10. The molecule has 4 atom stereocenters. The first-order chi connectivity index (χ1) is 13.1. The Morgan fingerprint density at radius 3 is 2.89 bits per heavy atom. The third-order valence-corrected chi connectivity index (χ3v) is 7.78. The van der Waals surface area contributed by atoms with Crippen LogP contribution >= 0.6 is 0 Å². The van der Waals surface area contributed by atoms with E-state index in [1.165, 1.54) is 49.8 Å². The van der Waals surface area contributed by atoms with Gasteiger partial charge >= 0.3 is 0 Å². The van der Waals surface area contributed by atoms with Crippen molar-refractivity contribution in [2.75, 3.05) is 0 Å². The van der Waals surface area contributed by atoms with E-state index < -0.39 is 0 Å². The molecule has 2 nitrogen and oxygen atoms in total. The Balaban J connectivity index is 1.40. The molecule has 0 bridgehead atoms. The first kappa shape index (κ1) is 17.2. The monoisotopic (exact) mass is 358 g/mol. The Hall–Kier alpha value is -1.96. The molecule has 3 aliphatic rings. The highest BCUT2D eigenvalue weighted by Crippen LogP contribution is 2.59. The van der Waals surface area contributed by atoms with Crippen molar-refractivity contribution in [1.29, 1.82) is 0 Å². The Kier molecular flexibility index (Phi) is 4.18. The minimum absolute atomic E-state index is 0.318. The van der Waals surface area contributed by atoms with E-state index in [0.29, 0.717) is 5.41 Å². The molecule has 0 radical (unpaired) electrons. The quantitative estimate of drug-likeness (QED) is 0.657. The summed E-state index contributed by atoms with van der Waals surface area (Å²) in [6.07, 6.45) is 9.67. The largest absolute Gasteiger partial charge is 0.287 e. The molecule has 2 fully saturated rings. The molecule has 0 saturated heterocycles. The van der Waals surface area contributed by atoms with E-state index in [9.17, 15) is 0 Å². The summed E-state index contributed by atoms with van der Waals surface area (Å²) in [6, 6.07) is 13.3. The minimum atomic E-state index is 0.318. The van der Waals surface area contributed by atoms with Crippen molar-refractivity contribution in [3.05, 3.63) is 65.0 Å². The van der Waals surface area contributed by atoms with Crippen LogP contribution in [0.3, 0.4) is 0 Å². The van der Waals surface area contributed by atoms with Gasteiger partial charge in [-0.05, 0) is 86.5 Å². The molecule has 0 spiro atoms. The molecular weight excluding hydrogens is 328 g/mol. The van der Waals surface area contributed by atoms with Crippen LogP contribution in [0.15, 0.2) is 47.6 Å². The van der Waals surface area contributed by atoms with Crippen LogP contribution in [0.25, 0.3) is 0 Å². The summed E-state index contributed by atoms with van der Waals surface area (Å²) in [5.74, 6) is 2.44. The van der Waals surface area contributed by atoms with Gasteiger partial charge in [-0.1, -0.05) is 36.8 Å². The normalized spacial score (nSPS) is 33.4. The van der Waals surface area contributed by atoms with Gasteiger partial charge in [0.25, 0.3) is 0 Å². The van der Waals surface area contributed by atoms with Gasteiger partial charge in [-0.2, -0.15) is 0 Å². The molecule has 1 heterocycles. The lowest BCUT2D eigenvalue weighted by Gasteiger charge is -2.49. The van der Waals surface area contributed by atoms with Crippen LogP contribution in [0.5, 0.6) is 0 Å². The lowest BCUT2D eigenvalue weighted by Crippen LogP contribution is -2.42. The zero-order valence-electron chi connectivity index (χ0n) is 16.6. The predicted octanol–water partition coefficient (Wildman–Crippen LogP) is 5.89. The van der Waals surface area contributed by atoms with Gasteiger partial charge < -0.3 is 0 Å². The number of aromatic nitrogens is 1. The van der Waals surface area contributed by atoms with E-state index in [1.807, 2.05) is 12.3 Å². The maximum Gasteiger partial charge on any atom is 0.0811 e. The fourth-order valence-corrected chi connectivity index (χ4v) is 6.43. The molecule has 0 N–H and O–H groups in total. The number of aryl methyl sites for hydroxylation is 2. The highest BCUT2D eigenvalue weighted by molar-refractivity contribution is 5.92. The Morgan fingerprint density at radius 2 is 2.04 bits per heavy atom. The van der Waals surface area contributed by atoms with E-state index in [0.717, 1.165) is 30.0 Å². The number of hydrogen-bond acceptors (Lipinski definition) is 2. The molecule has 1 aromatic carbocycles. The molecule has 0 aliphatic heterocycles. The van der Waals surface area contributed by atoms with Gasteiger partial charge in [-0.25, -0.2) is 0 Å². The first-order valence-electron chi connectivity index (χ1n) is 10.7. The number of fused-ring (bicyclic) bond motifs is 5. The second kappa shape index (κ2) is 6.58. The smallest absolute Gasteiger partial charge is 0.0811 e. The highest BCUT2D eigenvalue weighted by atomic mass is 14.8. The van der Waals surface area contributed by atoms with Gasteiger partial charge in [0.2, 0.25) is 0 Å². The Bertz CT molecular complexity index is 869. The van der Waals surface area contributed by atoms with Gasteiger partial charge in [0.05, 0.1) is 12.2 Å². The van der Waals surface area contributed by atoms with Crippen molar-refractivity contribution in [3.63, 3.8) is 0 Å². The Labute approximate surface area is 163 Å². The van der Waals surface area contributed by atoms with E-state index >= 15 is 0 Å². The number of benzene rings is 1. The van der Waals surface area contributed by atoms with E-state index in [1.54, 1.807) is 11.1 Å². The van der Waals surface area contributed by atoms with Crippen LogP contribution in [0.4, 0.5) is 0 Å². The molecule has 1 aromatic heterocycles. The third kappa shape index (κ3) is 2.85. The number of hydrogen-bond donors (Lipinski definition) is 0. The van der Waals surface area contributed by atoms with Crippen molar-refractivity contribution in [3.8, 4) is 0 Å². The van der Waals surface area contributed by atoms with E-state index in [2.05, 4.69) is 49.2 Å². The topological polar surface area (TPSA) is 25.2 Å². The summed E-state index contributed by atoms with van der Waals surface area (Å²) >= 11 is 0. The van der Waals surface area contributed by atoms with Crippen LogP contribution in [0.2, 0.25) is 0 Å². The third-order valence-electron chi connectivity index (χ3n) is 7.78. The zero-order chi connectivity index (χ0) is 18.4. The summed E-state index contributed by atoms with van der Waals surface area (Å²) in [7, 11) is 0. The Morgan fingerprint density at radius 1 is 1.11 bits per heavy atom. The number of aliphatic imine (C=N–C) groups is 1. The molecule has 140 valence electrons. The van der Waals surface area contributed by atoms with Crippen molar-refractivity contribution < 1.29 is 0 Å². The van der Waals surface area contributed by atoms with E-state index in [4.69, 9.17) is 4.99 Å². The van der Waals surface area contributed by atoms with Crippen LogP contribution in [0, 0.1) is 24.2 Å². The molecule has 5 rings (SSSR count). The van der Waals surface area contributed by atoms with Crippen LogP contribution in [-0.4, -0.2) is 10.7 Å². The van der Waals surface area contributed by atoms with E-state index in [-0.39, 0.29) is 0 Å². The van der Waals surface area contributed by atoms with Gasteiger partial charge in [0, 0.05) is 17.3 Å². The predicted molar refractivity (Wildman–Crippen MR) is 111 cm³/mol. The van der Waals surface area contributed by atoms with Crippen molar-refractivity contribution in [2.24, 2.45) is 22.2 Å². The highest BCUT2D eigenvalue weighted by Gasteiger charge is 2.53. The maximum absolute atomic E-state index is 5.10. The lowest BCUT2D eigenvalue weighted by atomic mass is 9.55. The second-order valence-electron chi connectivity index (χ2n) is 9.20. The van der Waals surface area contributed by atoms with Gasteiger partial charge in [-0.3, -0.25) is 9.98 Å². The minimum Gasteiger partial charge on any atom is -0.287 e. The van der Waals surface area contributed by atoms with Gasteiger partial charge in [-0.15, -0.1) is 0 Å². The van der Waals surface area contributed by atoms with Crippen molar-refractivity contribution >= 4 is 5.71 Å². The number of pyridine rings is 1. The molecule has 3 aliphatic carbocycles. The summed E-state index contributed by atoms with van der Waals surface area (Å²) in [5, 5.41) is 0. The summed E-state index contributed by atoms with van der Waals surface area (Å²) in [6.45, 7) is 5.49. The lowest BCUT2D eigenvalue weighted by molar-refractivity contribution is 0.0955. The zero-order valence-corrected chi connectivity index (χ0v) is 16.6. The van der Waals surface area contributed by atoms with Crippen LogP contribution in [-0.2, 0) is 13.0 Å². The molecule has 2 heteroatoms. The average molecular weight is 359 g/mol. The summed E-state index contributed by atoms with van der Waals surface area (Å²) in [5.41, 5.74) is 7.59. The molecule has 2 saturated carbocycles. The first-order valence-corrected chi connectivity index (χ1v) is 10.7.